The molecule has 3 aromatic rings. The Hall–Kier alpha value is -3.54. The number of nitrogens with zero attached hydrogens (tertiary/aromatic N) is 3. The number of allylic oxidation sites excluding steroid dienone is 2. The van der Waals surface area contributed by atoms with Gasteiger partial charge in [-0.15, -0.1) is 0 Å². The molecule has 1 aliphatic carbocycles. The lowest BCUT2D eigenvalue weighted by Gasteiger charge is -2.13. The highest BCUT2D eigenvalue weighted by atomic mass is 16.5. The van der Waals surface area contributed by atoms with Crippen molar-refractivity contribution in [2.45, 2.75) is 47.0 Å². The van der Waals surface area contributed by atoms with Crippen molar-refractivity contribution >= 4 is 29.2 Å². The Morgan fingerprint density at radius 3 is 2.64 bits per heavy atom. The summed E-state index contributed by atoms with van der Waals surface area (Å²) < 4.78 is 5.76. The number of pyridine rings is 1. The molecule has 1 aromatic carbocycles. The van der Waals surface area contributed by atoms with Crippen molar-refractivity contribution in [3.63, 3.8) is 0 Å². The van der Waals surface area contributed by atoms with E-state index in [4.69, 9.17) is 4.74 Å². The molecular formula is C27H30N4O2. The third kappa shape index (κ3) is 4.65. The van der Waals surface area contributed by atoms with Crippen molar-refractivity contribution in [3.8, 4) is 16.9 Å². The van der Waals surface area contributed by atoms with Crippen molar-refractivity contribution in [1.82, 2.24) is 20.3 Å². The second kappa shape index (κ2) is 9.53. The molecule has 170 valence electrons. The van der Waals surface area contributed by atoms with E-state index in [1.54, 1.807) is 19.5 Å². The Bertz CT molecular complexity index is 1370. The van der Waals surface area contributed by atoms with E-state index in [1.165, 1.54) is 0 Å². The molecule has 0 unspecified atom stereocenters. The zero-order valence-corrected chi connectivity index (χ0v) is 19.9. The Labute approximate surface area is 194 Å². The van der Waals surface area contributed by atoms with Crippen LogP contribution in [0.5, 0.6) is 5.75 Å². The number of carbonyl (C=O) groups excluding carboxylic acids is 1. The maximum Gasteiger partial charge on any atom is 0.227 e. The van der Waals surface area contributed by atoms with Crippen LogP contribution in [-0.2, 0) is 4.79 Å². The SMILES string of the molecule is C/C=c1/c(OC)cc(-c2cnc3nccnc3c2C)c/c1=C/C(NC(=O)C1CC1)=C(\C)CC. The quantitative estimate of drug-likeness (QED) is 0.628. The molecular weight excluding hydrogens is 412 g/mol. The van der Waals surface area contributed by atoms with Crippen LogP contribution in [0.25, 0.3) is 34.4 Å². The van der Waals surface area contributed by atoms with Crippen molar-refractivity contribution in [1.29, 1.82) is 0 Å². The lowest BCUT2D eigenvalue weighted by atomic mass is 9.99. The smallest absolute Gasteiger partial charge is 0.227 e. The summed E-state index contributed by atoms with van der Waals surface area (Å²) in [6.07, 6.45) is 12.1. The summed E-state index contributed by atoms with van der Waals surface area (Å²) >= 11 is 0. The van der Waals surface area contributed by atoms with Crippen molar-refractivity contribution < 1.29 is 9.53 Å². The predicted molar refractivity (Wildman–Crippen MR) is 132 cm³/mol. The van der Waals surface area contributed by atoms with Gasteiger partial charge in [0.05, 0.1) is 7.11 Å². The van der Waals surface area contributed by atoms with E-state index in [9.17, 15) is 4.79 Å². The third-order valence-corrected chi connectivity index (χ3v) is 6.24. The number of hydrogen-bond donors (Lipinski definition) is 1. The molecule has 2 aromatic heterocycles. The number of aryl methyl sites for hydroxylation is 1. The highest BCUT2D eigenvalue weighted by Gasteiger charge is 2.29. The number of nitrogens with one attached hydrogen (secondary N) is 1. The molecule has 2 heterocycles. The number of methoxy groups -OCH3 is 1. The zero-order valence-electron chi connectivity index (χ0n) is 19.9. The molecule has 0 atom stereocenters. The second-order valence-corrected chi connectivity index (χ2v) is 8.45. The van der Waals surface area contributed by atoms with Crippen LogP contribution in [0.2, 0.25) is 0 Å². The van der Waals surface area contributed by atoms with Gasteiger partial charge in [0.25, 0.3) is 0 Å². The molecule has 1 amide bonds. The minimum atomic E-state index is 0.104. The summed E-state index contributed by atoms with van der Waals surface area (Å²) in [6.45, 7) is 8.19. The fourth-order valence-corrected chi connectivity index (χ4v) is 3.92. The summed E-state index contributed by atoms with van der Waals surface area (Å²) in [5.74, 6) is 1.01. The second-order valence-electron chi connectivity index (χ2n) is 8.45. The van der Waals surface area contributed by atoms with Gasteiger partial charge in [0, 0.05) is 41.0 Å². The Balaban J connectivity index is 1.93. The Kier molecular flexibility index (Phi) is 6.54. The van der Waals surface area contributed by atoms with Gasteiger partial charge >= 0.3 is 0 Å². The molecule has 0 spiro atoms. The van der Waals surface area contributed by atoms with Crippen LogP contribution < -0.4 is 20.5 Å². The number of fused-ring (bicyclic) bond motifs is 1. The van der Waals surface area contributed by atoms with Crippen LogP contribution in [0.15, 0.2) is 42.0 Å². The van der Waals surface area contributed by atoms with Gasteiger partial charge in [-0.1, -0.05) is 13.0 Å². The molecule has 0 radical (unpaired) electrons. The zero-order chi connectivity index (χ0) is 23.5. The minimum absolute atomic E-state index is 0.104. The first-order valence-electron chi connectivity index (χ1n) is 11.4. The van der Waals surface area contributed by atoms with Gasteiger partial charge in [-0.05, 0) is 80.2 Å². The number of benzene rings is 1. The number of amides is 1. The fraction of sp³-hybridized carbons (Fsp3) is 0.333. The average molecular weight is 443 g/mol. The summed E-state index contributed by atoms with van der Waals surface area (Å²) in [6, 6.07) is 4.15. The maximum atomic E-state index is 12.5. The fourth-order valence-electron chi connectivity index (χ4n) is 3.92. The largest absolute Gasteiger partial charge is 0.496 e. The first-order valence-corrected chi connectivity index (χ1v) is 11.4. The van der Waals surface area contributed by atoms with Gasteiger partial charge in [-0.3, -0.25) is 9.78 Å². The number of aromatic nitrogens is 3. The predicted octanol–water partition coefficient (Wildman–Crippen LogP) is 3.80. The van der Waals surface area contributed by atoms with E-state index in [1.807, 2.05) is 32.2 Å². The number of carbonyl (C=O) groups is 1. The Morgan fingerprint density at radius 1 is 1.21 bits per heavy atom. The molecule has 1 N–H and O–H groups in total. The van der Waals surface area contributed by atoms with Crippen LogP contribution in [0, 0.1) is 12.8 Å². The standard InChI is InChI=1S/C27H30N4O2/c1-6-16(3)23(31-27(32)18-8-9-18)13-19-12-20(14-24(33-5)21(19)7-2)22-15-30-26-25(17(22)4)28-10-11-29-26/h7,10-15,18H,6,8-9H2,1-5H3,(H,31,32)/b19-13-,21-7+,23-16-. The summed E-state index contributed by atoms with van der Waals surface area (Å²) in [4.78, 5) is 25.9. The lowest BCUT2D eigenvalue weighted by Crippen LogP contribution is -2.30. The minimum Gasteiger partial charge on any atom is -0.496 e. The van der Waals surface area contributed by atoms with Gasteiger partial charge in [-0.2, -0.15) is 0 Å². The van der Waals surface area contributed by atoms with E-state index in [0.29, 0.717) is 5.65 Å². The van der Waals surface area contributed by atoms with Crippen molar-refractivity contribution in [3.05, 3.63) is 58.0 Å². The maximum absolute atomic E-state index is 12.5. The van der Waals surface area contributed by atoms with Gasteiger partial charge in [0.15, 0.2) is 5.65 Å². The number of hydrogen-bond acceptors (Lipinski definition) is 5. The highest BCUT2D eigenvalue weighted by molar-refractivity contribution is 5.85. The lowest BCUT2D eigenvalue weighted by molar-refractivity contribution is -0.121. The molecule has 0 aliphatic heterocycles. The number of rotatable bonds is 6. The summed E-state index contributed by atoms with van der Waals surface area (Å²) in [5, 5.41) is 5.12. The molecule has 33 heavy (non-hydrogen) atoms. The topological polar surface area (TPSA) is 77.0 Å². The molecule has 6 nitrogen and oxygen atoms in total. The van der Waals surface area contributed by atoms with Crippen molar-refractivity contribution in [2.75, 3.05) is 7.11 Å². The van der Waals surface area contributed by atoms with Crippen LogP contribution in [0.4, 0.5) is 0 Å². The Morgan fingerprint density at radius 2 is 1.97 bits per heavy atom. The van der Waals surface area contributed by atoms with Gasteiger partial charge in [-0.25, -0.2) is 9.97 Å². The van der Waals surface area contributed by atoms with Crippen LogP contribution in [0.1, 0.15) is 45.6 Å². The average Bonchev–Trinajstić information content (AvgIpc) is 3.68. The highest BCUT2D eigenvalue weighted by Crippen LogP contribution is 2.29. The van der Waals surface area contributed by atoms with E-state index in [2.05, 4.69) is 46.3 Å². The summed E-state index contributed by atoms with van der Waals surface area (Å²) in [7, 11) is 1.68. The molecule has 1 fully saturated rings. The molecule has 0 bridgehead atoms. The molecule has 6 heteroatoms. The van der Waals surface area contributed by atoms with Crippen LogP contribution in [0.3, 0.4) is 0 Å². The molecule has 0 saturated heterocycles. The third-order valence-electron chi connectivity index (χ3n) is 6.24. The molecule has 1 aliphatic rings. The first kappa shape index (κ1) is 22.6. The van der Waals surface area contributed by atoms with Crippen molar-refractivity contribution in [2.24, 2.45) is 5.92 Å². The van der Waals surface area contributed by atoms with E-state index >= 15 is 0 Å². The van der Waals surface area contributed by atoms with Crippen LogP contribution in [-0.4, -0.2) is 28.0 Å². The van der Waals surface area contributed by atoms with E-state index in [-0.39, 0.29) is 11.8 Å². The first-order chi connectivity index (χ1) is 16.0. The monoisotopic (exact) mass is 442 g/mol. The van der Waals surface area contributed by atoms with Gasteiger partial charge in [0.1, 0.15) is 11.3 Å². The molecule has 1 saturated carbocycles. The normalized spacial score (nSPS) is 15.5. The number of ether oxygens (including phenoxy) is 1. The van der Waals surface area contributed by atoms with Gasteiger partial charge in [0.2, 0.25) is 5.91 Å². The van der Waals surface area contributed by atoms with Crippen LogP contribution >= 0.6 is 0 Å². The molecule has 4 rings (SSSR count). The van der Waals surface area contributed by atoms with E-state index < -0.39 is 0 Å². The van der Waals surface area contributed by atoms with Gasteiger partial charge < -0.3 is 10.1 Å². The summed E-state index contributed by atoms with van der Waals surface area (Å²) in [5.41, 5.74) is 6.36. The van der Waals surface area contributed by atoms with E-state index in [0.717, 1.165) is 68.9 Å².